The summed E-state index contributed by atoms with van der Waals surface area (Å²) in [5, 5.41) is 12.7. The van der Waals surface area contributed by atoms with Gasteiger partial charge >= 0.3 is 0 Å². The third-order valence-corrected chi connectivity index (χ3v) is 2.29. The van der Waals surface area contributed by atoms with Crippen molar-refractivity contribution in [1.82, 2.24) is 5.32 Å². The Morgan fingerprint density at radius 2 is 2.36 bits per heavy atom. The molecular formula is C10H12FNO2. The van der Waals surface area contributed by atoms with Crippen molar-refractivity contribution in [3.05, 3.63) is 29.6 Å². The van der Waals surface area contributed by atoms with Crippen molar-refractivity contribution in [2.24, 2.45) is 0 Å². The van der Waals surface area contributed by atoms with Crippen molar-refractivity contribution in [2.75, 3.05) is 19.8 Å². The van der Waals surface area contributed by atoms with E-state index in [0.717, 1.165) is 6.54 Å². The molecule has 0 amide bonds. The number of phenols is 1. The first kappa shape index (κ1) is 9.43. The van der Waals surface area contributed by atoms with Crippen LogP contribution in [-0.4, -0.2) is 24.9 Å². The highest BCUT2D eigenvalue weighted by atomic mass is 19.1. The lowest BCUT2D eigenvalue weighted by Gasteiger charge is -2.24. The van der Waals surface area contributed by atoms with Crippen molar-refractivity contribution in [2.45, 2.75) is 6.04 Å². The first-order valence-electron chi connectivity index (χ1n) is 4.57. The number of hydrogen-bond donors (Lipinski definition) is 2. The lowest BCUT2D eigenvalue weighted by Crippen LogP contribution is -2.34. The topological polar surface area (TPSA) is 41.5 Å². The Labute approximate surface area is 81.5 Å². The number of rotatable bonds is 1. The summed E-state index contributed by atoms with van der Waals surface area (Å²) in [5.41, 5.74) is 0.560. The van der Waals surface area contributed by atoms with Crippen LogP contribution in [0.4, 0.5) is 4.39 Å². The van der Waals surface area contributed by atoms with Crippen LogP contribution in [0.25, 0.3) is 0 Å². The number of aromatic hydroxyl groups is 1. The molecule has 1 atom stereocenters. The molecule has 4 heteroatoms. The first-order chi connectivity index (χ1) is 6.77. The summed E-state index contributed by atoms with van der Waals surface area (Å²) in [5.74, 6) is -0.237. The molecule has 1 saturated heterocycles. The van der Waals surface area contributed by atoms with Crippen molar-refractivity contribution in [3.8, 4) is 5.75 Å². The highest BCUT2D eigenvalue weighted by molar-refractivity contribution is 5.35. The van der Waals surface area contributed by atoms with Gasteiger partial charge in [-0.3, -0.25) is 0 Å². The summed E-state index contributed by atoms with van der Waals surface area (Å²) >= 11 is 0. The van der Waals surface area contributed by atoms with E-state index in [1.807, 2.05) is 0 Å². The van der Waals surface area contributed by atoms with Crippen molar-refractivity contribution in [1.29, 1.82) is 0 Å². The molecule has 1 aromatic carbocycles. The second-order valence-corrected chi connectivity index (χ2v) is 3.28. The van der Waals surface area contributed by atoms with Crippen molar-refractivity contribution >= 4 is 0 Å². The quantitative estimate of drug-likeness (QED) is 0.710. The number of nitrogens with one attached hydrogen (secondary N) is 1. The third kappa shape index (κ3) is 1.86. The van der Waals surface area contributed by atoms with Gasteiger partial charge in [0, 0.05) is 12.1 Å². The normalized spacial score (nSPS) is 22.2. The SMILES string of the molecule is Oc1ccc(F)cc1[C@@H]1COCCN1. The average Bonchev–Trinajstić information content (AvgIpc) is 2.23. The Morgan fingerprint density at radius 1 is 1.50 bits per heavy atom. The molecule has 1 aliphatic rings. The zero-order valence-corrected chi connectivity index (χ0v) is 7.66. The molecule has 0 bridgehead atoms. The van der Waals surface area contributed by atoms with E-state index in [4.69, 9.17) is 4.74 Å². The number of ether oxygens (including phenoxy) is 1. The van der Waals surface area contributed by atoms with Crippen molar-refractivity contribution < 1.29 is 14.2 Å². The lowest BCUT2D eigenvalue weighted by molar-refractivity contribution is 0.0760. The van der Waals surface area contributed by atoms with Gasteiger partial charge in [0.2, 0.25) is 0 Å². The molecule has 0 spiro atoms. The molecule has 1 aliphatic heterocycles. The fraction of sp³-hybridized carbons (Fsp3) is 0.400. The Morgan fingerprint density at radius 3 is 3.07 bits per heavy atom. The Hall–Kier alpha value is -1.13. The zero-order valence-electron chi connectivity index (χ0n) is 7.66. The van der Waals surface area contributed by atoms with E-state index in [0.29, 0.717) is 18.8 Å². The van der Waals surface area contributed by atoms with Gasteiger partial charge in [-0.15, -0.1) is 0 Å². The molecule has 1 heterocycles. The summed E-state index contributed by atoms with van der Waals surface area (Å²) in [6.45, 7) is 1.85. The van der Waals surface area contributed by atoms with Crippen LogP contribution in [0, 0.1) is 5.82 Å². The third-order valence-electron chi connectivity index (χ3n) is 2.29. The van der Waals surface area contributed by atoms with Gasteiger partial charge in [-0.2, -0.15) is 0 Å². The van der Waals surface area contributed by atoms with Gasteiger partial charge in [0.25, 0.3) is 0 Å². The maximum absolute atomic E-state index is 12.9. The predicted octanol–water partition coefficient (Wildman–Crippen LogP) is 1.19. The Kier molecular flexibility index (Phi) is 2.65. The van der Waals surface area contributed by atoms with Gasteiger partial charge in [0.1, 0.15) is 11.6 Å². The van der Waals surface area contributed by atoms with Crippen LogP contribution in [0.3, 0.4) is 0 Å². The van der Waals surface area contributed by atoms with E-state index in [-0.39, 0.29) is 17.6 Å². The molecule has 3 nitrogen and oxygen atoms in total. The second-order valence-electron chi connectivity index (χ2n) is 3.28. The number of benzene rings is 1. The average molecular weight is 197 g/mol. The van der Waals surface area contributed by atoms with Crippen molar-refractivity contribution in [3.63, 3.8) is 0 Å². The predicted molar refractivity (Wildman–Crippen MR) is 49.6 cm³/mol. The first-order valence-corrected chi connectivity index (χ1v) is 4.57. The zero-order chi connectivity index (χ0) is 9.97. The number of hydrogen-bond acceptors (Lipinski definition) is 3. The molecule has 1 fully saturated rings. The Balaban J connectivity index is 2.24. The van der Waals surface area contributed by atoms with Gasteiger partial charge in [-0.1, -0.05) is 0 Å². The van der Waals surface area contributed by atoms with Crippen LogP contribution >= 0.6 is 0 Å². The van der Waals surface area contributed by atoms with E-state index in [1.54, 1.807) is 0 Å². The molecule has 1 aromatic rings. The standard InChI is InChI=1S/C10H12FNO2/c11-7-1-2-10(13)8(5-7)9-6-14-4-3-12-9/h1-2,5,9,12-13H,3-4,6H2/t9-/m0/s1. The molecule has 0 aromatic heterocycles. The summed E-state index contributed by atoms with van der Waals surface area (Å²) in [6, 6.07) is 3.82. The van der Waals surface area contributed by atoms with E-state index in [9.17, 15) is 9.50 Å². The van der Waals surface area contributed by atoms with Crippen LogP contribution in [0.2, 0.25) is 0 Å². The molecule has 76 valence electrons. The molecule has 2 rings (SSSR count). The minimum Gasteiger partial charge on any atom is -0.508 e. The van der Waals surface area contributed by atoms with Crippen LogP contribution in [0.1, 0.15) is 11.6 Å². The molecule has 0 aliphatic carbocycles. The highest BCUT2D eigenvalue weighted by Gasteiger charge is 2.18. The van der Waals surface area contributed by atoms with Gasteiger partial charge in [0.15, 0.2) is 0 Å². The maximum Gasteiger partial charge on any atom is 0.123 e. The van der Waals surface area contributed by atoms with Crippen LogP contribution < -0.4 is 5.32 Å². The molecule has 0 unspecified atom stereocenters. The minimum absolute atomic E-state index is 0.106. The fourth-order valence-electron chi connectivity index (χ4n) is 1.57. The van der Waals surface area contributed by atoms with Gasteiger partial charge in [-0.25, -0.2) is 4.39 Å². The monoisotopic (exact) mass is 197 g/mol. The number of phenolic OH excluding ortho intramolecular Hbond substituents is 1. The second kappa shape index (κ2) is 3.94. The smallest absolute Gasteiger partial charge is 0.123 e. The molecule has 0 saturated carbocycles. The molecule has 2 N–H and O–H groups in total. The van der Waals surface area contributed by atoms with E-state index in [2.05, 4.69) is 5.32 Å². The largest absolute Gasteiger partial charge is 0.508 e. The molecule has 0 radical (unpaired) electrons. The molecule has 14 heavy (non-hydrogen) atoms. The number of morpholine rings is 1. The maximum atomic E-state index is 12.9. The van der Waals surface area contributed by atoms with Crippen LogP contribution in [0.15, 0.2) is 18.2 Å². The lowest BCUT2D eigenvalue weighted by atomic mass is 10.1. The summed E-state index contributed by atoms with van der Waals surface area (Å²) < 4.78 is 18.2. The Bertz CT molecular complexity index is 324. The number of halogens is 1. The summed E-state index contributed by atoms with van der Waals surface area (Å²) in [6.07, 6.45) is 0. The van der Waals surface area contributed by atoms with E-state index < -0.39 is 0 Å². The van der Waals surface area contributed by atoms with Crippen LogP contribution in [-0.2, 0) is 4.74 Å². The fourth-order valence-corrected chi connectivity index (χ4v) is 1.57. The van der Waals surface area contributed by atoms with Crippen LogP contribution in [0.5, 0.6) is 5.75 Å². The van der Waals surface area contributed by atoms with Gasteiger partial charge in [-0.05, 0) is 18.2 Å². The highest BCUT2D eigenvalue weighted by Crippen LogP contribution is 2.26. The molecular weight excluding hydrogens is 185 g/mol. The van der Waals surface area contributed by atoms with E-state index in [1.165, 1.54) is 18.2 Å². The summed E-state index contributed by atoms with van der Waals surface area (Å²) in [4.78, 5) is 0. The van der Waals surface area contributed by atoms with E-state index >= 15 is 0 Å². The minimum atomic E-state index is -0.342. The van der Waals surface area contributed by atoms with Gasteiger partial charge < -0.3 is 15.2 Å². The summed E-state index contributed by atoms with van der Waals surface area (Å²) in [7, 11) is 0. The van der Waals surface area contributed by atoms with Gasteiger partial charge in [0.05, 0.1) is 19.3 Å².